The number of hydrogen-bond acceptors (Lipinski definition) is 6. The summed E-state index contributed by atoms with van der Waals surface area (Å²) < 4.78 is 10.9. The average Bonchev–Trinajstić information content (AvgIpc) is 2.47. The van der Waals surface area contributed by atoms with E-state index in [1.165, 1.54) is 6.33 Å². The van der Waals surface area contributed by atoms with E-state index in [9.17, 15) is 0 Å². The molecule has 2 heterocycles. The molecule has 1 fully saturated rings. The zero-order valence-electron chi connectivity index (χ0n) is 12.6. The Morgan fingerprint density at radius 2 is 2.10 bits per heavy atom. The van der Waals surface area contributed by atoms with Crippen LogP contribution in [0, 0.1) is 0 Å². The second kappa shape index (κ2) is 6.85. The van der Waals surface area contributed by atoms with Crippen molar-refractivity contribution in [3.63, 3.8) is 0 Å². The number of nitrogens with zero attached hydrogens (tertiary/aromatic N) is 3. The summed E-state index contributed by atoms with van der Waals surface area (Å²) in [5, 5.41) is 3.41. The Bertz CT molecular complexity index is 419. The lowest BCUT2D eigenvalue weighted by molar-refractivity contribution is -0.000668. The summed E-state index contributed by atoms with van der Waals surface area (Å²) in [5.41, 5.74) is 0.120. The van der Waals surface area contributed by atoms with Gasteiger partial charge >= 0.3 is 0 Å². The normalized spacial score (nSPS) is 18.0. The molecule has 0 saturated carbocycles. The van der Waals surface area contributed by atoms with Gasteiger partial charge in [-0.3, -0.25) is 0 Å². The Balaban J connectivity index is 2.00. The summed E-state index contributed by atoms with van der Waals surface area (Å²) in [6, 6.07) is 1.84. The third-order valence-electron chi connectivity index (χ3n) is 3.90. The Morgan fingerprint density at radius 1 is 1.35 bits per heavy atom. The van der Waals surface area contributed by atoms with Gasteiger partial charge in [-0.1, -0.05) is 0 Å². The summed E-state index contributed by atoms with van der Waals surface area (Å²) in [6.45, 7) is 5.02. The highest BCUT2D eigenvalue weighted by atomic mass is 16.5. The molecule has 1 saturated heterocycles. The molecular formula is C14H24N4O2. The van der Waals surface area contributed by atoms with Gasteiger partial charge in [0.2, 0.25) is 5.88 Å². The standard InChI is InChI=1S/C14H24N4O2/c1-4-20-13-9-12(16-11-17-13)15-10-14(18(2)3)5-7-19-8-6-14/h9,11H,4-8,10H2,1-3H3,(H,15,16,17). The summed E-state index contributed by atoms with van der Waals surface area (Å²) in [7, 11) is 4.25. The van der Waals surface area contributed by atoms with Crippen LogP contribution in [0.4, 0.5) is 5.82 Å². The molecule has 1 aliphatic rings. The maximum atomic E-state index is 5.48. The quantitative estimate of drug-likeness (QED) is 0.850. The number of aromatic nitrogens is 2. The third-order valence-corrected chi connectivity index (χ3v) is 3.90. The zero-order chi connectivity index (χ0) is 14.4. The van der Waals surface area contributed by atoms with E-state index >= 15 is 0 Å². The number of rotatable bonds is 6. The van der Waals surface area contributed by atoms with E-state index in [2.05, 4.69) is 34.3 Å². The van der Waals surface area contributed by atoms with E-state index < -0.39 is 0 Å². The van der Waals surface area contributed by atoms with Crippen molar-refractivity contribution in [2.24, 2.45) is 0 Å². The first kappa shape index (κ1) is 15.0. The minimum Gasteiger partial charge on any atom is -0.478 e. The summed E-state index contributed by atoms with van der Waals surface area (Å²) >= 11 is 0. The fourth-order valence-electron chi connectivity index (χ4n) is 2.45. The van der Waals surface area contributed by atoms with Crippen LogP contribution in [-0.2, 0) is 4.74 Å². The first-order valence-electron chi connectivity index (χ1n) is 7.10. The molecule has 0 bridgehead atoms. The van der Waals surface area contributed by atoms with Crippen molar-refractivity contribution < 1.29 is 9.47 Å². The lowest BCUT2D eigenvalue weighted by atomic mass is 9.88. The van der Waals surface area contributed by atoms with Crippen LogP contribution in [0.1, 0.15) is 19.8 Å². The average molecular weight is 280 g/mol. The number of nitrogens with one attached hydrogen (secondary N) is 1. The van der Waals surface area contributed by atoms with Gasteiger partial charge in [-0.15, -0.1) is 0 Å². The van der Waals surface area contributed by atoms with Crippen LogP contribution in [0.25, 0.3) is 0 Å². The van der Waals surface area contributed by atoms with Crippen molar-refractivity contribution in [2.75, 3.05) is 45.8 Å². The first-order chi connectivity index (χ1) is 9.66. The molecule has 0 aromatic carbocycles. The number of ether oxygens (including phenoxy) is 2. The highest BCUT2D eigenvalue weighted by Crippen LogP contribution is 2.26. The van der Waals surface area contributed by atoms with Crippen molar-refractivity contribution in [3.05, 3.63) is 12.4 Å². The van der Waals surface area contributed by atoms with Crippen LogP contribution in [0.15, 0.2) is 12.4 Å². The van der Waals surface area contributed by atoms with Crippen molar-refractivity contribution in [1.29, 1.82) is 0 Å². The van der Waals surface area contributed by atoms with Crippen molar-refractivity contribution >= 4 is 5.82 Å². The number of hydrogen-bond donors (Lipinski definition) is 1. The Morgan fingerprint density at radius 3 is 2.75 bits per heavy atom. The van der Waals surface area contributed by atoms with Crippen molar-refractivity contribution in [1.82, 2.24) is 14.9 Å². The minimum absolute atomic E-state index is 0.120. The number of likely N-dealkylation sites (N-methyl/N-ethyl adjacent to an activating group) is 1. The second-order valence-corrected chi connectivity index (χ2v) is 5.26. The summed E-state index contributed by atoms with van der Waals surface area (Å²) in [4.78, 5) is 10.6. The lowest BCUT2D eigenvalue weighted by Gasteiger charge is -2.43. The molecule has 0 radical (unpaired) electrons. The van der Waals surface area contributed by atoms with Crippen LogP contribution < -0.4 is 10.1 Å². The molecule has 112 valence electrons. The fourth-order valence-corrected chi connectivity index (χ4v) is 2.45. The van der Waals surface area contributed by atoms with Gasteiger partial charge in [0.25, 0.3) is 0 Å². The van der Waals surface area contributed by atoms with Gasteiger partial charge in [0.05, 0.1) is 6.61 Å². The Kier molecular flexibility index (Phi) is 5.14. The first-order valence-corrected chi connectivity index (χ1v) is 7.10. The molecule has 0 atom stereocenters. The van der Waals surface area contributed by atoms with Crippen LogP contribution in [-0.4, -0.2) is 60.9 Å². The molecule has 1 aliphatic heterocycles. The molecule has 1 aromatic rings. The predicted molar refractivity (Wildman–Crippen MR) is 78.2 cm³/mol. The van der Waals surface area contributed by atoms with E-state index in [4.69, 9.17) is 9.47 Å². The highest BCUT2D eigenvalue weighted by molar-refractivity contribution is 5.37. The SMILES string of the molecule is CCOc1cc(NCC2(N(C)C)CCOCC2)ncn1. The van der Waals surface area contributed by atoms with Gasteiger partial charge in [0, 0.05) is 31.4 Å². The highest BCUT2D eigenvalue weighted by Gasteiger charge is 2.34. The minimum atomic E-state index is 0.120. The van der Waals surface area contributed by atoms with Gasteiger partial charge in [0.1, 0.15) is 12.1 Å². The van der Waals surface area contributed by atoms with Crippen LogP contribution >= 0.6 is 0 Å². The van der Waals surface area contributed by atoms with Crippen molar-refractivity contribution in [3.8, 4) is 5.88 Å². The van der Waals surface area contributed by atoms with Crippen LogP contribution in [0.5, 0.6) is 5.88 Å². The van der Waals surface area contributed by atoms with Gasteiger partial charge < -0.3 is 19.7 Å². The molecule has 1 N–H and O–H groups in total. The Labute approximate surface area is 120 Å². The maximum Gasteiger partial charge on any atom is 0.218 e. The van der Waals surface area contributed by atoms with Crippen molar-refractivity contribution in [2.45, 2.75) is 25.3 Å². The van der Waals surface area contributed by atoms with E-state index in [1.54, 1.807) is 0 Å². The molecule has 1 aromatic heterocycles. The number of anilines is 1. The molecule has 0 unspecified atom stereocenters. The monoisotopic (exact) mass is 280 g/mol. The van der Waals surface area contributed by atoms with Gasteiger partial charge in [-0.05, 0) is 33.9 Å². The Hall–Kier alpha value is -1.40. The van der Waals surface area contributed by atoms with Gasteiger partial charge in [-0.25, -0.2) is 9.97 Å². The molecule has 0 spiro atoms. The smallest absolute Gasteiger partial charge is 0.218 e. The predicted octanol–water partition coefficient (Wildman–Crippen LogP) is 1.40. The largest absolute Gasteiger partial charge is 0.478 e. The summed E-state index contributed by atoms with van der Waals surface area (Å²) in [5.74, 6) is 1.41. The van der Waals surface area contributed by atoms with E-state index in [-0.39, 0.29) is 5.54 Å². The topological polar surface area (TPSA) is 59.5 Å². The molecule has 2 rings (SSSR count). The molecule has 6 nitrogen and oxygen atoms in total. The molecule has 20 heavy (non-hydrogen) atoms. The zero-order valence-corrected chi connectivity index (χ0v) is 12.6. The van der Waals surface area contributed by atoms with E-state index in [0.717, 1.165) is 38.4 Å². The maximum absolute atomic E-state index is 5.48. The van der Waals surface area contributed by atoms with Crippen LogP contribution in [0.2, 0.25) is 0 Å². The second-order valence-electron chi connectivity index (χ2n) is 5.26. The third kappa shape index (κ3) is 3.58. The fraction of sp³-hybridized carbons (Fsp3) is 0.714. The molecule has 0 aliphatic carbocycles. The lowest BCUT2D eigenvalue weighted by Crippen LogP contribution is -2.53. The van der Waals surface area contributed by atoms with Gasteiger partial charge in [-0.2, -0.15) is 0 Å². The molecule has 0 amide bonds. The van der Waals surface area contributed by atoms with Crippen LogP contribution in [0.3, 0.4) is 0 Å². The van der Waals surface area contributed by atoms with Gasteiger partial charge in [0.15, 0.2) is 0 Å². The summed E-state index contributed by atoms with van der Waals surface area (Å²) in [6.07, 6.45) is 3.58. The molecular weight excluding hydrogens is 256 g/mol. The molecule has 6 heteroatoms. The van der Waals surface area contributed by atoms with E-state index in [1.807, 2.05) is 13.0 Å². The van der Waals surface area contributed by atoms with E-state index in [0.29, 0.717) is 12.5 Å².